The standard InChI is InChI=1S/C16H17F2N5O2/c17-12-2-1-11(9-13(12)18)20-15-21-14(10-19-22-15)23-5-3-16(4-6-23)24-7-8-25-16/h1-2,9-10H,3-8H2,(H,20,21,22). The molecule has 0 amide bonds. The van der Waals surface area contributed by atoms with E-state index in [9.17, 15) is 8.78 Å². The van der Waals surface area contributed by atoms with Gasteiger partial charge in [0.15, 0.2) is 23.2 Å². The third kappa shape index (κ3) is 3.38. The van der Waals surface area contributed by atoms with Gasteiger partial charge in [-0.3, -0.25) is 0 Å². The Morgan fingerprint density at radius 3 is 2.56 bits per heavy atom. The number of benzene rings is 1. The van der Waals surface area contributed by atoms with Crippen molar-refractivity contribution in [2.45, 2.75) is 18.6 Å². The number of nitrogens with zero attached hydrogens (tertiary/aromatic N) is 4. The fraction of sp³-hybridized carbons (Fsp3) is 0.438. The minimum absolute atomic E-state index is 0.220. The van der Waals surface area contributed by atoms with Gasteiger partial charge in [0.2, 0.25) is 5.95 Å². The van der Waals surface area contributed by atoms with E-state index >= 15 is 0 Å². The Labute approximate surface area is 143 Å². The van der Waals surface area contributed by atoms with Gasteiger partial charge in [0.25, 0.3) is 0 Å². The summed E-state index contributed by atoms with van der Waals surface area (Å²) in [6.07, 6.45) is 3.08. The molecule has 0 aliphatic carbocycles. The van der Waals surface area contributed by atoms with Crippen LogP contribution in [0.5, 0.6) is 0 Å². The predicted molar refractivity (Wildman–Crippen MR) is 85.5 cm³/mol. The molecule has 2 fully saturated rings. The molecule has 0 bridgehead atoms. The third-order valence-corrected chi connectivity index (χ3v) is 4.38. The van der Waals surface area contributed by atoms with Gasteiger partial charge in [-0.1, -0.05) is 0 Å². The molecule has 2 aliphatic heterocycles. The number of ether oxygens (including phenoxy) is 2. The first-order valence-electron chi connectivity index (χ1n) is 8.08. The highest BCUT2D eigenvalue weighted by Crippen LogP contribution is 2.32. The second kappa shape index (κ2) is 6.49. The molecule has 0 saturated carbocycles. The van der Waals surface area contributed by atoms with Crippen LogP contribution in [0.4, 0.5) is 26.2 Å². The smallest absolute Gasteiger partial charge is 0.249 e. The number of anilines is 3. The van der Waals surface area contributed by atoms with Gasteiger partial charge in [0.1, 0.15) is 0 Å². The van der Waals surface area contributed by atoms with E-state index in [1.54, 1.807) is 6.20 Å². The van der Waals surface area contributed by atoms with Crippen molar-refractivity contribution in [3.05, 3.63) is 36.0 Å². The fourth-order valence-electron chi connectivity index (χ4n) is 3.07. The molecule has 25 heavy (non-hydrogen) atoms. The molecule has 1 N–H and O–H groups in total. The predicted octanol–water partition coefficient (Wildman–Crippen LogP) is 2.24. The van der Waals surface area contributed by atoms with Crippen LogP contribution >= 0.6 is 0 Å². The Kier molecular flexibility index (Phi) is 4.18. The molecule has 4 rings (SSSR count). The van der Waals surface area contributed by atoms with Gasteiger partial charge in [-0.25, -0.2) is 8.78 Å². The molecule has 1 aromatic heterocycles. The van der Waals surface area contributed by atoms with Crippen LogP contribution in [0, 0.1) is 11.6 Å². The summed E-state index contributed by atoms with van der Waals surface area (Å²) >= 11 is 0. The van der Waals surface area contributed by atoms with E-state index < -0.39 is 17.4 Å². The van der Waals surface area contributed by atoms with Crippen molar-refractivity contribution >= 4 is 17.5 Å². The zero-order valence-electron chi connectivity index (χ0n) is 13.4. The molecule has 1 spiro atoms. The van der Waals surface area contributed by atoms with Crippen LogP contribution < -0.4 is 10.2 Å². The van der Waals surface area contributed by atoms with E-state index in [1.807, 2.05) is 0 Å². The number of hydrogen-bond donors (Lipinski definition) is 1. The van der Waals surface area contributed by atoms with Gasteiger partial charge in [-0.15, -0.1) is 5.10 Å². The molecule has 0 unspecified atom stereocenters. The SMILES string of the molecule is Fc1ccc(Nc2nncc(N3CCC4(CC3)OCCO4)n2)cc1F. The summed E-state index contributed by atoms with van der Waals surface area (Å²) in [5, 5.41) is 10.7. The van der Waals surface area contributed by atoms with Crippen molar-refractivity contribution < 1.29 is 18.3 Å². The number of nitrogens with one attached hydrogen (secondary N) is 1. The highest BCUT2D eigenvalue weighted by molar-refractivity contribution is 5.54. The van der Waals surface area contributed by atoms with Gasteiger partial charge in [-0.2, -0.15) is 10.1 Å². The van der Waals surface area contributed by atoms with E-state index in [0.717, 1.165) is 38.1 Å². The minimum Gasteiger partial charge on any atom is -0.355 e. The monoisotopic (exact) mass is 349 g/mol. The molecular formula is C16H17F2N5O2. The van der Waals surface area contributed by atoms with E-state index in [4.69, 9.17) is 9.47 Å². The number of rotatable bonds is 3. The summed E-state index contributed by atoms with van der Waals surface area (Å²) < 4.78 is 37.7. The minimum atomic E-state index is -0.938. The molecule has 132 valence electrons. The lowest BCUT2D eigenvalue weighted by Gasteiger charge is -2.37. The Bertz CT molecular complexity index is 760. The van der Waals surface area contributed by atoms with Crippen LogP contribution in [0.25, 0.3) is 0 Å². The van der Waals surface area contributed by atoms with Crippen molar-refractivity contribution in [3.8, 4) is 0 Å². The van der Waals surface area contributed by atoms with Crippen molar-refractivity contribution in [3.63, 3.8) is 0 Å². The first-order valence-corrected chi connectivity index (χ1v) is 8.08. The number of halogens is 2. The zero-order chi connectivity index (χ0) is 17.3. The molecule has 0 atom stereocenters. The molecule has 9 heteroatoms. The number of aromatic nitrogens is 3. The summed E-state index contributed by atoms with van der Waals surface area (Å²) in [4.78, 5) is 6.47. The molecule has 7 nitrogen and oxygen atoms in total. The Balaban J connectivity index is 1.45. The number of hydrogen-bond acceptors (Lipinski definition) is 7. The van der Waals surface area contributed by atoms with E-state index in [1.165, 1.54) is 6.07 Å². The lowest BCUT2D eigenvalue weighted by Crippen LogP contribution is -2.45. The van der Waals surface area contributed by atoms with Crippen LogP contribution in [-0.2, 0) is 9.47 Å². The van der Waals surface area contributed by atoms with E-state index in [0.29, 0.717) is 24.7 Å². The molecule has 3 heterocycles. The fourth-order valence-corrected chi connectivity index (χ4v) is 3.07. The maximum atomic E-state index is 13.3. The van der Waals surface area contributed by atoms with E-state index in [-0.39, 0.29) is 5.95 Å². The average Bonchev–Trinajstić information content (AvgIpc) is 3.07. The van der Waals surface area contributed by atoms with Gasteiger partial charge in [0.05, 0.1) is 19.4 Å². The summed E-state index contributed by atoms with van der Waals surface area (Å²) in [5.74, 6) is -1.42. The highest BCUT2D eigenvalue weighted by Gasteiger charge is 2.40. The third-order valence-electron chi connectivity index (χ3n) is 4.38. The molecule has 0 radical (unpaired) electrons. The summed E-state index contributed by atoms with van der Waals surface area (Å²) in [7, 11) is 0. The summed E-state index contributed by atoms with van der Waals surface area (Å²) in [6, 6.07) is 3.50. The first-order chi connectivity index (χ1) is 12.1. The Hall–Kier alpha value is -2.39. The number of piperidine rings is 1. The van der Waals surface area contributed by atoms with Crippen LogP contribution in [0.1, 0.15) is 12.8 Å². The topological polar surface area (TPSA) is 72.4 Å². The average molecular weight is 349 g/mol. The first kappa shape index (κ1) is 16.1. The molecular weight excluding hydrogens is 332 g/mol. The van der Waals surface area contributed by atoms with Gasteiger partial charge >= 0.3 is 0 Å². The maximum absolute atomic E-state index is 13.3. The second-order valence-corrected chi connectivity index (χ2v) is 5.99. The molecule has 2 aliphatic rings. The van der Waals surface area contributed by atoms with Crippen LogP contribution in [0.15, 0.2) is 24.4 Å². The normalized spacial score (nSPS) is 19.4. The Morgan fingerprint density at radius 1 is 1.08 bits per heavy atom. The zero-order valence-corrected chi connectivity index (χ0v) is 13.4. The van der Waals surface area contributed by atoms with Gasteiger partial charge < -0.3 is 19.7 Å². The molecule has 1 aromatic carbocycles. The van der Waals surface area contributed by atoms with Crippen molar-refractivity contribution in [2.75, 3.05) is 36.5 Å². The van der Waals surface area contributed by atoms with Gasteiger partial charge in [-0.05, 0) is 12.1 Å². The quantitative estimate of drug-likeness (QED) is 0.911. The lowest BCUT2D eigenvalue weighted by atomic mass is 10.0. The summed E-state index contributed by atoms with van der Waals surface area (Å²) in [5.41, 5.74) is 0.350. The van der Waals surface area contributed by atoms with Crippen LogP contribution in [-0.4, -0.2) is 47.3 Å². The van der Waals surface area contributed by atoms with E-state index in [2.05, 4.69) is 25.4 Å². The second-order valence-electron chi connectivity index (χ2n) is 5.99. The van der Waals surface area contributed by atoms with Crippen molar-refractivity contribution in [1.29, 1.82) is 0 Å². The summed E-state index contributed by atoms with van der Waals surface area (Å²) in [6.45, 7) is 2.72. The van der Waals surface area contributed by atoms with Crippen LogP contribution in [0.3, 0.4) is 0 Å². The van der Waals surface area contributed by atoms with Gasteiger partial charge in [0, 0.05) is 37.7 Å². The Morgan fingerprint density at radius 2 is 1.84 bits per heavy atom. The van der Waals surface area contributed by atoms with Crippen molar-refractivity contribution in [1.82, 2.24) is 15.2 Å². The lowest BCUT2D eigenvalue weighted by molar-refractivity contribution is -0.169. The molecule has 2 aromatic rings. The highest BCUT2D eigenvalue weighted by atomic mass is 19.2. The maximum Gasteiger partial charge on any atom is 0.249 e. The molecule has 2 saturated heterocycles. The van der Waals surface area contributed by atoms with Crippen molar-refractivity contribution in [2.24, 2.45) is 0 Å². The largest absolute Gasteiger partial charge is 0.355 e. The van der Waals surface area contributed by atoms with Crippen LogP contribution in [0.2, 0.25) is 0 Å².